The van der Waals surface area contributed by atoms with Gasteiger partial charge in [0.25, 0.3) is 0 Å². The smallest absolute Gasteiger partial charge is 0.0632 e. The molecule has 5 rings (SSSR count). The molecule has 0 aliphatic heterocycles. The van der Waals surface area contributed by atoms with Gasteiger partial charge in [-0.3, -0.25) is 0 Å². The number of hydrogen-bond acceptors (Lipinski definition) is 4. The predicted octanol–water partition coefficient (Wildman–Crippen LogP) is 5.00. The van der Waals surface area contributed by atoms with Crippen LogP contribution in [0.25, 0.3) is 0 Å². The highest BCUT2D eigenvalue weighted by molar-refractivity contribution is 5.46. The van der Waals surface area contributed by atoms with E-state index in [4.69, 9.17) is 0 Å². The fourth-order valence-electron chi connectivity index (χ4n) is 10.1. The van der Waals surface area contributed by atoms with Crippen LogP contribution < -0.4 is 0 Å². The van der Waals surface area contributed by atoms with Crippen molar-refractivity contribution >= 4 is 0 Å². The van der Waals surface area contributed by atoms with E-state index in [1.807, 2.05) is 0 Å². The highest BCUT2D eigenvalue weighted by atomic mass is 16.3. The molecule has 0 heterocycles. The number of fused-ring (bicyclic) bond motifs is 7. The summed E-state index contributed by atoms with van der Waals surface area (Å²) in [6, 6.07) is 0. The molecule has 0 radical (unpaired) electrons. The third-order valence-corrected chi connectivity index (χ3v) is 12.7. The van der Waals surface area contributed by atoms with Gasteiger partial charge < -0.3 is 20.4 Å². The Labute approximate surface area is 206 Å². The molecule has 4 nitrogen and oxygen atoms in total. The van der Waals surface area contributed by atoms with Gasteiger partial charge in [-0.25, -0.2) is 0 Å². The molecule has 0 aromatic rings. The van der Waals surface area contributed by atoms with Crippen LogP contribution in [0, 0.1) is 44.3 Å². The summed E-state index contributed by atoms with van der Waals surface area (Å²) in [7, 11) is 0. The normalized spacial score (nSPS) is 54.1. The minimum Gasteiger partial charge on any atom is -0.396 e. The Morgan fingerprint density at radius 2 is 1.47 bits per heavy atom. The zero-order valence-electron chi connectivity index (χ0n) is 22.3. The number of hydrogen-bond donors (Lipinski definition) is 4. The van der Waals surface area contributed by atoms with Gasteiger partial charge in [0.1, 0.15) is 0 Å². The predicted molar refractivity (Wildman–Crippen MR) is 135 cm³/mol. The van der Waals surface area contributed by atoms with Gasteiger partial charge in [-0.1, -0.05) is 64.8 Å². The molecule has 4 N–H and O–H groups in total. The Kier molecular flexibility index (Phi) is 5.46. The van der Waals surface area contributed by atoms with E-state index >= 15 is 0 Å². The van der Waals surface area contributed by atoms with Crippen LogP contribution in [0.3, 0.4) is 0 Å². The van der Waals surface area contributed by atoms with Gasteiger partial charge in [0.15, 0.2) is 0 Å². The van der Waals surface area contributed by atoms with Crippen LogP contribution in [0.1, 0.15) is 92.9 Å². The minimum absolute atomic E-state index is 0.0195. The van der Waals surface area contributed by atoms with E-state index in [0.29, 0.717) is 6.42 Å². The second-order valence-electron chi connectivity index (χ2n) is 14.6. The molecule has 0 spiro atoms. The molecule has 9 atom stereocenters. The summed E-state index contributed by atoms with van der Waals surface area (Å²) in [5.74, 6) is 0.441. The second kappa shape index (κ2) is 7.43. The van der Waals surface area contributed by atoms with Crippen molar-refractivity contribution in [3.05, 3.63) is 23.3 Å². The Hall–Kier alpha value is -0.680. The lowest BCUT2D eigenvalue weighted by Crippen LogP contribution is -2.64. The summed E-state index contributed by atoms with van der Waals surface area (Å²) >= 11 is 0. The highest BCUT2D eigenvalue weighted by Gasteiger charge is 2.68. The van der Waals surface area contributed by atoms with Crippen LogP contribution in [0.5, 0.6) is 0 Å². The number of aliphatic hydroxyl groups is 4. The fourth-order valence-corrected chi connectivity index (χ4v) is 10.1. The van der Waals surface area contributed by atoms with Gasteiger partial charge in [-0.05, 0) is 79.4 Å². The van der Waals surface area contributed by atoms with Gasteiger partial charge in [-0.2, -0.15) is 0 Å². The summed E-state index contributed by atoms with van der Waals surface area (Å²) in [5, 5.41) is 43.7. The van der Waals surface area contributed by atoms with E-state index in [1.165, 1.54) is 11.1 Å². The molecule has 192 valence electrons. The summed E-state index contributed by atoms with van der Waals surface area (Å²) in [4.78, 5) is 0. The molecule has 4 saturated carbocycles. The average Bonchev–Trinajstić information content (AvgIpc) is 2.77. The van der Waals surface area contributed by atoms with Crippen molar-refractivity contribution in [2.75, 3.05) is 13.2 Å². The van der Waals surface area contributed by atoms with Crippen molar-refractivity contribution in [1.82, 2.24) is 0 Å². The lowest BCUT2D eigenvalue weighted by molar-refractivity contribution is -0.169. The number of rotatable bonds is 2. The molecule has 5 aliphatic rings. The molecule has 4 fully saturated rings. The van der Waals surface area contributed by atoms with Crippen LogP contribution in [0.15, 0.2) is 23.3 Å². The Bertz CT molecular complexity index is 921. The van der Waals surface area contributed by atoms with Crippen LogP contribution in [-0.4, -0.2) is 45.8 Å². The van der Waals surface area contributed by atoms with Crippen molar-refractivity contribution in [2.45, 2.75) is 105 Å². The Balaban J connectivity index is 1.66. The molecule has 5 aliphatic carbocycles. The largest absolute Gasteiger partial charge is 0.396 e. The van der Waals surface area contributed by atoms with E-state index in [2.05, 4.69) is 53.7 Å². The van der Waals surface area contributed by atoms with Crippen LogP contribution >= 0.6 is 0 Å². The minimum atomic E-state index is -0.502. The quantitative estimate of drug-likeness (QED) is 0.456. The SMILES string of the molecule is CC1(C)CC[C@@]2(CO)C(O)C[C@@]3(C)C(=CC=C4[C@]5(C)CCC(O)[C@@](C)(CO)[C@@H]5CC[C@@]43C)[C@H]2C1. The molecule has 4 heteroatoms. The van der Waals surface area contributed by atoms with Crippen LogP contribution in [0.2, 0.25) is 0 Å². The molecule has 0 amide bonds. The molecule has 34 heavy (non-hydrogen) atoms. The third-order valence-electron chi connectivity index (χ3n) is 12.7. The molecule has 0 saturated heterocycles. The first-order chi connectivity index (χ1) is 15.7. The highest BCUT2D eigenvalue weighted by Crippen LogP contribution is 2.74. The zero-order valence-corrected chi connectivity index (χ0v) is 22.3. The maximum absolute atomic E-state index is 11.7. The molecule has 2 unspecified atom stereocenters. The van der Waals surface area contributed by atoms with Crippen molar-refractivity contribution in [2.24, 2.45) is 44.3 Å². The van der Waals surface area contributed by atoms with Crippen molar-refractivity contribution < 1.29 is 20.4 Å². The lowest BCUT2D eigenvalue weighted by atomic mass is 9.35. The topological polar surface area (TPSA) is 80.9 Å². The second-order valence-corrected chi connectivity index (χ2v) is 14.6. The van der Waals surface area contributed by atoms with E-state index in [9.17, 15) is 20.4 Å². The summed E-state index contributed by atoms with van der Waals surface area (Å²) in [6.07, 6.45) is 11.1. The van der Waals surface area contributed by atoms with Crippen molar-refractivity contribution in [3.8, 4) is 0 Å². The van der Waals surface area contributed by atoms with Gasteiger partial charge in [-0.15, -0.1) is 0 Å². The summed E-state index contributed by atoms with van der Waals surface area (Å²) < 4.78 is 0. The Morgan fingerprint density at radius 1 is 0.765 bits per heavy atom. The monoisotopic (exact) mass is 472 g/mol. The third kappa shape index (κ3) is 2.86. The average molecular weight is 473 g/mol. The van der Waals surface area contributed by atoms with E-state index in [-0.39, 0.29) is 46.7 Å². The Morgan fingerprint density at radius 3 is 2.12 bits per heavy atom. The standard InChI is InChI=1S/C30H48O4/c1-25(2)13-14-30(18-32)20(15-25)19-7-8-22-26(3)11-10-23(33)27(4,17-31)21(26)9-12-28(22,5)29(19,6)16-24(30)34/h7-8,20-21,23-24,31-34H,9-18H2,1-6H3/t20-,21-,23?,24?,26-,27+,28+,29+,30+/m1/s1. The summed E-state index contributed by atoms with van der Waals surface area (Å²) in [5.41, 5.74) is 1.91. The molecule has 0 bridgehead atoms. The van der Waals surface area contributed by atoms with Crippen LogP contribution in [-0.2, 0) is 0 Å². The van der Waals surface area contributed by atoms with Crippen molar-refractivity contribution in [3.63, 3.8) is 0 Å². The van der Waals surface area contributed by atoms with Gasteiger partial charge >= 0.3 is 0 Å². The first kappa shape index (κ1) is 25.0. The van der Waals surface area contributed by atoms with E-state index in [0.717, 1.165) is 44.9 Å². The maximum atomic E-state index is 11.7. The van der Waals surface area contributed by atoms with E-state index < -0.39 is 23.0 Å². The molecular formula is C30H48O4. The van der Waals surface area contributed by atoms with Crippen LogP contribution in [0.4, 0.5) is 0 Å². The number of allylic oxidation sites excluding steroid dienone is 4. The first-order valence-corrected chi connectivity index (χ1v) is 13.8. The fraction of sp³-hybridized carbons (Fsp3) is 0.867. The van der Waals surface area contributed by atoms with Gasteiger partial charge in [0, 0.05) is 16.2 Å². The first-order valence-electron chi connectivity index (χ1n) is 13.8. The van der Waals surface area contributed by atoms with Gasteiger partial charge in [0.05, 0.1) is 25.4 Å². The van der Waals surface area contributed by atoms with Crippen molar-refractivity contribution in [1.29, 1.82) is 0 Å². The summed E-state index contributed by atoms with van der Waals surface area (Å²) in [6.45, 7) is 14.0. The van der Waals surface area contributed by atoms with Gasteiger partial charge in [0.2, 0.25) is 0 Å². The number of aliphatic hydroxyl groups excluding tert-OH is 4. The zero-order chi connectivity index (χ0) is 24.9. The lowest BCUT2D eigenvalue weighted by Gasteiger charge is -2.69. The maximum Gasteiger partial charge on any atom is 0.0632 e. The molecular weight excluding hydrogens is 424 g/mol. The molecule has 0 aromatic carbocycles. The van der Waals surface area contributed by atoms with E-state index in [1.54, 1.807) is 0 Å². The molecule has 0 aromatic heterocycles.